The third kappa shape index (κ3) is 2.74. The Balaban J connectivity index is 1.88. The van der Waals surface area contributed by atoms with Crippen LogP contribution in [0.15, 0.2) is 53.0 Å². The molecule has 0 aliphatic carbocycles. The van der Waals surface area contributed by atoms with Crippen LogP contribution in [0, 0.1) is 6.92 Å². The Morgan fingerprint density at radius 2 is 1.88 bits per heavy atom. The predicted octanol–water partition coefficient (Wildman–Crippen LogP) is 3.91. The van der Waals surface area contributed by atoms with Crippen LogP contribution in [0.4, 0.5) is 0 Å². The fourth-order valence-electron chi connectivity index (χ4n) is 2.92. The van der Waals surface area contributed by atoms with E-state index in [-0.39, 0.29) is 5.56 Å². The second-order valence-corrected chi connectivity index (χ2v) is 6.63. The molecule has 0 aliphatic rings. The second-order valence-electron chi connectivity index (χ2n) is 5.75. The number of rotatable bonds is 3. The summed E-state index contributed by atoms with van der Waals surface area (Å²) in [6, 6.07) is 9.88. The van der Waals surface area contributed by atoms with Crippen LogP contribution in [-0.4, -0.2) is 19.5 Å². The van der Waals surface area contributed by atoms with Crippen molar-refractivity contribution in [3.05, 3.63) is 64.4 Å². The third-order valence-corrected chi connectivity index (χ3v) is 5.00. The summed E-state index contributed by atoms with van der Waals surface area (Å²) >= 11 is 1.60. The number of pyridine rings is 1. The highest BCUT2D eigenvalue weighted by molar-refractivity contribution is 7.13. The van der Waals surface area contributed by atoms with Gasteiger partial charge in [-0.05, 0) is 31.0 Å². The molecule has 0 radical (unpaired) electrons. The van der Waals surface area contributed by atoms with E-state index in [1.54, 1.807) is 22.1 Å². The van der Waals surface area contributed by atoms with E-state index in [9.17, 15) is 4.79 Å². The van der Waals surface area contributed by atoms with Gasteiger partial charge < -0.3 is 0 Å². The van der Waals surface area contributed by atoms with Gasteiger partial charge in [-0.1, -0.05) is 24.3 Å². The van der Waals surface area contributed by atoms with Gasteiger partial charge in [-0.3, -0.25) is 14.3 Å². The Morgan fingerprint density at radius 3 is 2.56 bits per heavy atom. The maximum absolute atomic E-state index is 12.9. The first-order valence-corrected chi connectivity index (χ1v) is 8.92. The van der Waals surface area contributed by atoms with E-state index < -0.39 is 0 Å². The molecule has 4 rings (SSSR count). The molecule has 3 heterocycles. The van der Waals surface area contributed by atoms with Gasteiger partial charge in [-0.25, -0.2) is 9.97 Å². The molecule has 0 spiro atoms. The number of benzene rings is 1. The molecule has 0 unspecified atom stereocenters. The van der Waals surface area contributed by atoms with E-state index in [0.717, 1.165) is 21.4 Å². The molecule has 124 valence electrons. The molecule has 3 aromatic heterocycles. The zero-order valence-corrected chi connectivity index (χ0v) is 14.7. The summed E-state index contributed by atoms with van der Waals surface area (Å²) in [5.41, 5.74) is 5.13. The normalized spacial score (nSPS) is 11.1. The van der Waals surface area contributed by atoms with Crippen molar-refractivity contribution in [2.75, 3.05) is 0 Å². The molecule has 0 fully saturated rings. The van der Waals surface area contributed by atoms with E-state index in [1.165, 1.54) is 0 Å². The summed E-state index contributed by atoms with van der Waals surface area (Å²) in [5, 5.41) is 0.869. The van der Waals surface area contributed by atoms with Crippen molar-refractivity contribution in [2.45, 2.75) is 20.4 Å². The lowest BCUT2D eigenvalue weighted by molar-refractivity contribution is 0.748. The van der Waals surface area contributed by atoms with Crippen molar-refractivity contribution < 1.29 is 0 Å². The lowest BCUT2D eigenvalue weighted by atomic mass is 10.0. The molecule has 0 saturated heterocycles. The van der Waals surface area contributed by atoms with Crippen LogP contribution >= 0.6 is 11.3 Å². The highest BCUT2D eigenvalue weighted by atomic mass is 32.1. The zero-order chi connectivity index (χ0) is 17.4. The minimum Gasteiger partial charge on any atom is -0.292 e. The Kier molecular flexibility index (Phi) is 3.89. The number of nitrogens with zero attached hydrogens (tertiary/aromatic N) is 4. The molecular formula is C19H16N4OS. The standard InChI is InChI=1S/C19H16N4OS/c1-3-23-18-15(9-21-12(2)22-18)8-16(19(23)24)13-4-6-14(7-5-13)17-10-20-11-25-17/h4-11H,3H2,1-2H3. The van der Waals surface area contributed by atoms with Crippen LogP contribution in [0.2, 0.25) is 0 Å². The van der Waals surface area contributed by atoms with Gasteiger partial charge in [0.15, 0.2) is 0 Å². The number of aromatic nitrogens is 4. The first-order valence-electron chi connectivity index (χ1n) is 8.04. The van der Waals surface area contributed by atoms with Crippen molar-refractivity contribution in [1.82, 2.24) is 19.5 Å². The molecule has 0 N–H and O–H groups in total. The molecule has 5 nitrogen and oxygen atoms in total. The number of aryl methyl sites for hydroxylation is 2. The highest BCUT2D eigenvalue weighted by Gasteiger charge is 2.12. The summed E-state index contributed by atoms with van der Waals surface area (Å²) in [7, 11) is 0. The lowest BCUT2D eigenvalue weighted by Crippen LogP contribution is -2.22. The molecule has 4 aromatic rings. The Hall–Kier alpha value is -2.86. The molecule has 0 aliphatic heterocycles. The number of hydrogen-bond donors (Lipinski definition) is 0. The van der Waals surface area contributed by atoms with Gasteiger partial charge >= 0.3 is 0 Å². The van der Waals surface area contributed by atoms with E-state index in [1.807, 2.05) is 55.9 Å². The van der Waals surface area contributed by atoms with E-state index >= 15 is 0 Å². The van der Waals surface area contributed by atoms with Crippen LogP contribution in [0.5, 0.6) is 0 Å². The Labute approximate surface area is 148 Å². The summed E-state index contributed by atoms with van der Waals surface area (Å²) in [6.45, 7) is 4.35. The van der Waals surface area contributed by atoms with E-state index in [0.29, 0.717) is 23.6 Å². The van der Waals surface area contributed by atoms with Crippen LogP contribution < -0.4 is 5.56 Å². The SMILES string of the molecule is CCn1c(=O)c(-c2ccc(-c3cncs3)cc2)cc2cnc(C)nc21. The average Bonchev–Trinajstić information content (AvgIpc) is 3.16. The van der Waals surface area contributed by atoms with Gasteiger partial charge in [0.2, 0.25) is 0 Å². The van der Waals surface area contributed by atoms with Gasteiger partial charge in [0.1, 0.15) is 11.5 Å². The summed E-state index contributed by atoms with van der Waals surface area (Å²) in [4.78, 5) is 26.9. The fourth-order valence-corrected chi connectivity index (χ4v) is 3.55. The maximum atomic E-state index is 12.9. The third-order valence-electron chi connectivity index (χ3n) is 4.18. The van der Waals surface area contributed by atoms with Crippen LogP contribution in [0.1, 0.15) is 12.7 Å². The molecule has 1 aromatic carbocycles. The molecule has 0 saturated carbocycles. The minimum atomic E-state index is -0.0290. The summed E-state index contributed by atoms with van der Waals surface area (Å²) in [5.74, 6) is 0.663. The molecule has 25 heavy (non-hydrogen) atoms. The smallest absolute Gasteiger partial charge is 0.260 e. The molecule has 6 heteroatoms. The number of fused-ring (bicyclic) bond motifs is 1. The van der Waals surface area contributed by atoms with Gasteiger partial charge in [-0.2, -0.15) is 0 Å². The van der Waals surface area contributed by atoms with Gasteiger partial charge in [0, 0.05) is 29.9 Å². The predicted molar refractivity (Wildman–Crippen MR) is 101 cm³/mol. The number of hydrogen-bond acceptors (Lipinski definition) is 5. The van der Waals surface area contributed by atoms with Crippen molar-refractivity contribution in [2.24, 2.45) is 0 Å². The highest BCUT2D eigenvalue weighted by Crippen LogP contribution is 2.26. The van der Waals surface area contributed by atoms with Crippen LogP contribution in [0.3, 0.4) is 0 Å². The average molecular weight is 348 g/mol. The second kappa shape index (κ2) is 6.22. The summed E-state index contributed by atoms with van der Waals surface area (Å²) in [6.07, 6.45) is 3.62. The Morgan fingerprint density at radius 1 is 1.12 bits per heavy atom. The van der Waals surface area contributed by atoms with Crippen molar-refractivity contribution in [3.63, 3.8) is 0 Å². The van der Waals surface area contributed by atoms with Gasteiger partial charge in [-0.15, -0.1) is 11.3 Å². The van der Waals surface area contributed by atoms with Crippen molar-refractivity contribution in [1.29, 1.82) is 0 Å². The first kappa shape index (κ1) is 15.7. The molecular weight excluding hydrogens is 332 g/mol. The van der Waals surface area contributed by atoms with E-state index in [2.05, 4.69) is 15.0 Å². The molecule has 0 atom stereocenters. The lowest BCUT2D eigenvalue weighted by Gasteiger charge is -2.11. The van der Waals surface area contributed by atoms with Gasteiger partial charge in [0.05, 0.1) is 10.4 Å². The topological polar surface area (TPSA) is 60.7 Å². The first-order chi connectivity index (χ1) is 12.2. The molecule has 0 amide bonds. The minimum absolute atomic E-state index is 0.0290. The number of thiazole rings is 1. The summed E-state index contributed by atoms with van der Waals surface area (Å²) < 4.78 is 1.70. The largest absolute Gasteiger partial charge is 0.292 e. The van der Waals surface area contributed by atoms with Crippen molar-refractivity contribution >= 4 is 22.4 Å². The maximum Gasteiger partial charge on any atom is 0.260 e. The quantitative estimate of drug-likeness (QED) is 0.563. The van der Waals surface area contributed by atoms with Crippen molar-refractivity contribution in [3.8, 4) is 21.6 Å². The van der Waals surface area contributed by atoms with Crippen LogP contribution in [-0.2, 0) is 6.54 Å². The molecule has 0 bridgehead atoms. The monoisotopic (exact) mass is 348 g/mol. The fraction of sp³-hybridized carbons (Fsp3) is 0.158. The van der Waals surface area contributed by atoms with Crippen LogP contribution in [0.25, 0.3) is 32.6 Å². The van der Waals surface area contributed by atoms with Gasteiger partial charge in [0.25, 0.3) is 5.56 Å². The Bertz CT molecular complexity index is 1100. The zero-order valence-electron chi connectivity index (χ0n) is 13.9. The van der Waals surface area contributed by atoms with E-state index in [4.69, 9.17) is 0 Å².